The summed E-state index contributed by atoms with van der Waals surface area (Å²) >= 11 is 0. The third kappa shape index (κ3) is 4.43. The van der Waals surface area contributed by atoms with Crippen LogP contribution in [-0.4, -0.2) is 44.6 Å². The second-order valence-electron chi connectivity index (χ2n) is 4.00. The van der Waals surface area contributed by atoms with Gasteiger partial charge in [0.2, 0.25) is 0 Å². The molecule has 5 nitrogen and oxygen atoms in total. The number of benzene rings is 1. The van der Waals surface area contributed by atoms with Crippen LogP contribution in [0.4, 0.5) is 0 Å². The van der Waals surface area contributed by atoms with Crippen molar-refractivity contribution in [3.63, 3.8) is 0 Å². The first-order valence-electron chi connectivity index (χ1n) is 5.32. The highest BCUT2D eigenvalue weighted by Crippen LogP contribution is 2.04. The number of aliphatic hydroxyl groups is 1. The van der Waals surface area contributed by atoms with E-state index in [1.54, 1.807) is 0 Å². The highest BCUT2D eigenvalue weighted by atomic mass is 32.2. The highest BCUT2D eigenvalue weighted by Gasteiger charge is 2.24. The van der Waals surface area contributed by atoms with E-state index >= 15 is 0 Å². The largest absolute Gasteiger partial charge is 0.420 e. The molecule has 3 N–H and O–H groups in total. The van der Waals surface area contributed by atoms with Gasteiger partial charge in [0, 0.05) is 14.1 Å². The molecule has 0 aliphatic carbocycles. The van der Waals surface area contributed by atoms with Crippen LogP contribution < -0.4 is 4.72 Å². The van der Waals surface area contributed by atoms with E-state index in [2.05, 4.69) is 4.72 Å². The molecule has 1 rings (SSSR count). The van der Waals surface area contributed by atoms with Crippen molar-refractivity contribution >= 4 is 10.2 Å². The van der Waals surface area contributed by atoms with Crippen molar-refractivity contribution in [1.82, 2.24) is 9.03 Å². The molecule has 6 heteroatoms. The molecule has 0 amide bonds. The molecule has 0 aliphatic heterocycles. The van der Waals surface area contributed by atoms with Crippen molar-refractivity contribution in [3.05, 3.63) is 35.9 Å². The predicted molar refractivity (Wildman–Crippen MR) is 67.9 cm³/mol. The van der Waals surface area contributed by atoms with Crippen LogP contribution in [-0.2, 0) is 16.6 Å². The van der Waals surface area contributed by atoms with Crippen LogP contribution in [0.2, 0.25) is 0 Å². The summed E-state index contributed by atoms with van der Waals surface area (Å²) in [6, 6.07) is 9.08. The maximum atomic E-state index is 11.7. The van der Waals surface area contributed by atoms with Gasteiger partial charge in [-0.2, -0.15) is 9.03 Å². The molecule has 1 aromatic carbocycles. The summed E-state index contributed by atoms with van der Waals surface area (Å²) in [5.74, 6) is 0. The fraction of sp³-hybridized carbons (Fsp3) is 0.455. The van der Waals surface area contributed by atoms with Crippen molar-refractivity contribution < 1.29 is 13.5 Å². The maximum absolute atomic E-state index is 11.7. The molecule has 0 fully saturated rings. The van der Waals surface area contributed by atoms with Gasteiger partial charge in [-0.25, -0.2) is 4.21 Å². The smallest absolute Gasteiger partial charge is 0.395 e. The molecule has 0 aliphatic rings. The van der Waals surface area contributed by atoms with Gasteiger partial charge in [-0.15, -0.1) is 4.21 Å². The maximum Gasteiger partial charge on any atom is 0.420 e. The van der Waals surface area contributed by atoms with Gasteiger partial charge in [0.1, 0.15) is 0 Å². The summed E-state index contributed by atoms with van der Waals surface area (Å²) in [5, 5.41) is 9.21. The lowest BCUT2D eigenvalue weighted by Crippen LogP contribution is -2.44. The fourth-order valence-electron chi connectivity index (χ4n) is 1.36. The Hall–Kier alpha value is -0.950. The summed E-state index contributed by atoms with van der Waals surface area (Å²) in [5.41, 5.74) is 1.01. The zero-order valence-corrected chi connectivity index (χ0v) is 10.9. The van der Waals surface area contributed by atoms with Crippen molar-refractivity contribution in [3.8, 4) is 0 Å². The second-order valence-corrected chi connectivity index (χ2v) is 5.96. The minimum absolute atomic E-state index is 0.194. The molecule has 96 valence electrons. The third-order valence-electron chi connectivity index (χ3n) is 2.36. The molecule has 0 saturated carbocycles. The quantitative estimate of drug-likeness (QED) is 0.713. The number of nitrogens with one attached hydrogen (secondary N) is 1. The Morgan fingerprint density at radius 3 is 2.47 bits per heavy atom. The number of nitrogens with zero attached hydrogens (tertiary/aromatic N) is 1. The normalized spacial score (nSPS) is 16.7. The van der Waals surface area contributed by atoms with Crippen LogP contribution in [0.1, 0.15) is 5.56 Å². The lowest BCUT2D eigenvalue weighted by atomic mass is 10.1. The van der Waals surface area contributed by atoms with E-state index in [1.807, 2.05) is 30.3 Å². The van der Waals surface area contributed by atoms with E-state index in [0.29, 0.717) is 6.42 Å². The molecule has 0 bridgehead atoms. The Kier molecular flexibility index (Phi) is 5.07. The van der Waals surface area contributed by atoms with Crippen molar-refractivity contribution in [2.75, 3.05) is 20.7 Å². The number of aliphatic hydroxyl groups excluding tert-OH is 1. The van der Waals surface area contributed by atoms with Gasteiger partial charge in [-0.3, -0.25) is 0 Å². The van der Waals surface area contributed by atoms with Gasteiger partial charge in [0.05, 0.1) is 12.6 Å². The molecule has 2 atom stereocenters. The SMILES string of the molecule is CN(C)S(=O)(=[OH+])N[C@H](CO)Cc1ccccc1. The Morgan fingerprint density at radius 1 is 1.41 bits per heavy atom. The van der Waals surface area contributed by atoms with Gasteiger partial charge in [0.15, 0.2) is 0 Å². The van der Waals surface area contributed by atoms with E-state index in [9.17, 15) is 13.5 Å². The number of rotatable bonds is 6. The van der Waals surface area contributed by atoms with E-state index in [-0.39, 0.29) is 6.61 Å². The molecular weight excluding hydrogens is 240 g/mol. The minimum Gasteiger partial charge on any atom is -0.395 e. The first-order valence-corrected chi connectivity index (χ1v) is 6.79. The van der Waals surface area contributed by atoms with Crippen molar-refractivity contribution in [1.29, 1.82) is 0 Å². The average molecular weight is 259 g/mol. The lowest BCUT2D eigenvalue weighted by Gasteiger charge is -2.16. The summed E-state index contributed by atoms with van der Waals surface area (Å²) in [6.45, 7) is -0.194. The topological polar surface area (TPSA) is 74.0 Å². The van der Waals surface area contributed by atoms with Crippen molar-refractivity contribution in [2.45, 2.75) is 12.5 Å². The monoisotopic (exact) mass is 259 g/mol. The standard InChI is InChI=1S/C11H18N2O3S/c1-13(2)17(15,16)12-11(9-14)8-10-6-4-3-5-7-10/h3-7,11,14H,8-9H2,1-2H3,(H,12,15,16)/p+1/t11-/m0/s1. The summed E-state index contributed by atoms with van der Waals surface area (Å²) < 4.78 is 25.1. The average Bonchev–Trinajstić information content (AvgIpc) is 2.29. The highest BCUT2D eigenvalue weighted by molar-refractivity contribution is 7.87. The van der Waals surface area contributed by atoms with Gasteiger partial charge < -0.3 is 5.11 Å². The van der Waals surface area contributed by atoms with Crippen LogP contribution in [0.5, 0.6) is 0 Å². The second kappa shape index (κ2) is 6.11. The number of hydrogen-bond acceptors (Lipinski definition) is 2. The zero-order valence-electron chi connectivity index (χ0n) is 10.0. The Labute approximate surface area is 102 Å². The lowest BCUT2D eigenvalue weighted by molar-refractivity contribution is 0.254. The summed E-state index contributed by atoms with van der Waals surface area (Å²) in [6.07, 6.45) is 0.503. The molecule has 1 aromatic rings. The molecule has 17 heavy (non-hydrogen) atoms. The van der Waals surface area contributed by atoms with E-state index in [1.165, 1.54) is 18.4 Å². The Balaban J connectivity index is 2.68. The molecular formula is C11H19N2O3S+. The van der Waals surface area contributed by atoms with Gasteiger partial charge in [0.25, 0.3) is 0 Å². The number of hydrogen-bond donors (Lipinski definition) is 2. The van der Waals surface area contributed by atoms with Gasteiger partial charge in [-0.1, -0.05) is 30.3 Å². The minimum atomic E-state index is -3.26. The summed E-state index contributed by atoms with van der Waals surface area (Å²) in [7, 11) is -0.244. The van der Waals surface area contributed by atoms with Crippen molar-refractivity contribution in [2.24, 2.45) is 0 Å². The molecule has 0 radical (unpaired) electrons. The third-order valence-corrected chi connectivity index (χ3v) is 3.99. The molecule has 0 aromatic heterocycles. The van der Waals surface area contributed by atoms with Gasteiger partial charge in [-0.05, 0) is 12.0 Å². The Bertz CT molecular complexity index is 431. The molecule has 0 saturated heterocycles. The zero-order chi connectivity index (χ0) is 12.9. The van der Waals surface area contributed by atoms with E-state index in [4.69, 9.17) is 0 Å². The van der Waals surface area contributed by atoms with Crippen LogP contribution in [0.3, 0.4) is 0 Å². The van der Waals surface area contributed by atoms with Crippen LogP contribution in [0.15, 0.2) is 30.3 Å². The van der Waals surface area contributed by atoms with Gasteiger partial charge >= 0.3 is 10.2 Å². The fourth-order valence-corrected chi connectivity index (χ4v) is 2.17. The molecule has 1 unspecified atom stereocenters. The first-order chi connectivity index (χ1) is 7.95. The van der Waals surface area contributed by atoms with Crippen LogP contribution in [0.25, 0.3) is 0 Å². The van der Waals surface area contributed by atoms with E-state index < -0.39 is 16.3 Å². The van der Waals surface area contributed by atoms with E-state index in [0.717, 1.165) is 5.56 Å². The molecule has 0 heterocycles. The van der Waals surface area contributed by atoms with Crippen LogP contribution >= 0.6 is 0 Å². The van der Waals surface area contributed by atoms with Crippen LogP contribution in [0, 0.1) is 0 Å². The predicted octanol–water partition coefficient (Wildman–Crippen LogP) is 0.143. The summed E-state index contributed by atoms with van der Waals surface area (Å²) in [4.78, 5) is 0. The molecule has 0 spiro atoms. The Morgan fingerprint density at radius 2 is 2.00 bits per heavy atom. The first kappa shape index (κ1) is 14.1.